The summed E-state index contributed by atoms with van der Waals surface area (Å²) >= 11 is 0. The quantitative estimate of drug-likeness (QED) is 0.430. The Hall–Kier alpha value is -0.340. The Bertz CT molecular complexity index is 83.6. The first-order valence-electron chi connectivity index (χ1n) is 4.30. The lowest BCUT2D eigenvalue weighted by Gasteiger charge is -2.01. The van der Waals surface area contributed by atoms with Crippen LogP contribution in [-0.4, -0.2) is 19.8 Å². The smallest absolute Gasteiger partial charge is 0.0468 e. The summed E-state index contributed by atoms with van der Waals surface area (Å²) in [5.74, 6) is 0. The van der Waals surface area contributed by atoms with Crippen molar-refractivity contribution in [2.45, 2.75) is 25.7 Å². The SMILES string of the molecule is C=CCCCOCCCCN. The van der Waals surface area contributed by atoms with Gasteiger partial charge >= 0.3 is 0 Å². The normalized spacial score (nSPS) is 9.91. The average molecular weight is 157 g/mol. The van der Waals surface area contributed by atoms with Crippen LogP contribution in [-0.2, 0) is 4.74 Å². The molecule has 11 heavy (non-hydrogen) atoms. The van der Waals surface area contributed by atoms with E-state index < -0.39 is 0 Å². The highest BCUT2D eigenvalue weighted by atomic mass is 16.5. The second-order valence-electron chi connectivity index (χ2n) is 2.54. The molecular weight excluding hydrogens is 138 g/mol. The van der Waals surface area contributed by atoms with Crippen LogP contribution in [0, 0.1) is 0 Å². The summed E-state index contributed by atoms with van der Waals surface area (Å²) in [6, 6.07) is 0. The van der Waals surface area contributed by atoms with Crippen LogP contribution < -0.4 is 5.73 Å². The molecule has 0 spiro atoms. The molecule has 0 heterocycles. The summed E-state index contributed by atoms with van der Waals surface area (Å²) in [6.07, 6.45) is 6.22. The van der Waals surface area contributed by atoms with Gasteiger partial charge in [0.15, 0.2) is 0 Å². The monoisotopic (exact) mass is 157 g/mol. The fraction of sp³-hybridized carbons (Fsp3) is 0.778. The van der Waals surface area contributed by atoms with Crippen molar-refractivity contribution in [3.8, 4) is 0 Å². The predicted octanol–water partition coefficient (Wildman–Crippen LogP) is 1.71. The molecule has 0 aromatic heterocycles. The van der Waals surface area contributed by atoms with Gasteiger partial charge in [-0.25, -0.2) is 0 Å². The van der Waals surface area contributed by atoms with Gasteiger partial charge in [0, 0.05) is 13.2 Å². The molecule has 0 saturated carbocycles. The molecule has 0 aliphatic heterocycles. The minimum Gasteiger partial charge on any atom is -0.381 e. The van der Waals surface area contributed by atoms with Gasteiger partial charge in [0.05, 0.1) is 0 Å². The Kier molecular flexibility index (Phi) is 9.36. The van der Waals surface area contributed by atoms with Gasteiger partial charge < -0.3 is 10.5 Å². The molecule has 2 N–H and O–H groups in total. The van der Waals surface area contributed by atoms with Gasteiger partial charge in [-0.3, -0.25) is 0 Å². The third kappa shape index (κ3) is 9.66. The maximum absolute atomic E-state index is 5.33. The lowest BCUT2D eigenvalue weighted by molar-refractivity contribution is 0.129. The Morgan fingerprint density at radius 2 is 1.91 bits per heavy atom. The van der Waals surface area contributed by atoms with Gasteiger partial charge in [-0.15, -0.1) is 6.58 Å². The summed E-state index contributed by atoms with van der Waals surface area (Å²) < 4.78 is 5.33. The van der Waals surface area contributed by atoms with E-state index in [1.165, 1.54) is 0 Å². The van der Waals surface area contributed by atoms with Crippen LogP contribution in [0.4, 0.5) is 0 Å². The molecule has 0 rings (SSSR count). The molecule has 0 aliphatic rings. The molecular formula is C9H19NO. The topological polar surface area (TPSA) is 35.2 Å². The number of allylic oxidation sites excluding steroid dienone is 1. The van der Waals surface area contributed by atoms with Crippen LogP contribution in [0.1, 0.15) is 25.7 Å². The predicted molar refractivity (Wildman–Crippen MR) is 48.5 cm³/mol. The Labute approximate surface area is 69.4 Å². The molecule has 0 unspecified atom stereocenters. The lowest BCUT2D eigenvalue weighted by Crippen LogP contribution is -2.02. The van der Waals surface area contributed by atoms with Gasteiger partial charge in [-0.05, 0) is 32.2 Å². The molecule has 0 amide bonds. The van der Waals surface area contributed by atoms with E-state index in [-0.39, 0.29) is 0 Å². The van der Waals surface area contributed by atoms with Crippen LogP contribution in [0.2, 0.25) is 0 Å². The molecule has 0 bridgehead atoms. The molecule has 0 aliphatic carbocycles. The fourth-order valence-corrected chi connectivity index (χ4v) is 0.780. The van der Waals surface area contributed by atoms with Gasteiger partial charge in [-0.2, -0.15) is 0 Å². The van der Waals surface area contributed by atoms with Gasteiger partial charge in [0.2, 0.25) is 0 Å². The van der Waals surface area contributed by atoms with E-state index in [0.29, 0.717) is 0 Å². The lowest BCUT2D eigenvalue weighted by atomic mass is 10.3. The maximum Gasteiger partial charge on any atom is 0.0468 e. The molecule has 0 aromatic rings. The highest BCUT2D eigenvalue weighted by Gasteiger charge is 1.87. The minimum absolute atomic E-state index is 0.774. The van der Waals surface area contributed by atoms with Crippen molar-refractivity contribution in [1.29, 1.82) is 0 Å². The van der Waals surface area contributed by atoms with Crippen molar-refractivity contribution in [3.63, 3.8) is 0 Å². The summed E-state index contributed by atoms with van der Waals surface area (Å²) in [5.41, 5.74) is 5.32. The van der Waals surface area contributed by atoms with Gasteiger partial charge in [-0.1, -0.05) is 6.08 Å². The maximum atomic E-state index is 5.33. The van der Waals surface area contributed by atoms with Crippen LogP contribution in [0.25, 0.3) is 0 Å². The zero-order chi connectivity index (χ0) is 8.36. The van der Waals surface area contributed by atoms with Crippen molar-refractivity contribution in [2.75, 3.05) is 19.8 Å². The van der Waals surface area contributed by atoms with Crippen molar-refractivity contribution in [1.82, 2.24) is 0 Å². The van der Waals surface area contributed by atoms with Crippen LogP contribution in [0.3, 0.4) is 0 Å². The van der Waals surface area contributed by atoms with Gasteiger partial charge in [0.1, 0.15) is 0 Å². The second kappa shape index (κ2) is 9.66. The molecule has 0 saturated heterocycles. The van der Waals surface area contributed by atoms with Crippen molar-refractivity contribution < 1.29 is 4.74 Å². The number of unbranched alkanes of at least 4 members (excludes halogenated alkanes) is 2. The van der Waals surface area contributed by atoms with Crippen LogP contribution in [0.15, 0.2) is 12.7 Å². The van der Waals surface area contributed by atoms with E-state index in [1.807, 2.05) is 6.08 Å². The first kappa shape index (κ1) is 10.7. The fourth-order valence-electron chi connectivity index (χ4n) is 0.780. The Balaban J connectivity index is 2.74. The van der Waals surface area contributed by atoms with E-state index in [4.69, 9.17) is 10.5 Å². The van der Waals surface area contributed by atoms with Crippen LogP contribution in [0.5, 0.6) is 0 Å². The minimum atomic E-state index is 0.774. The molecule has 0 radical (unpaired) electrons. The summed E-state index contributed by atoms with van der Waals surface area (Å²) in [5, 5.41) is 0. The van der Waals surface area contributed by atoms with E-state index in [0.717, 1.165) is 45.4 Å². The zero-order valence-corrected chi connectivity index (χ0v) is 7.22. The van der Waals surface area contributed by atoms with E-state index in [1.54, 1.807) is 0 Å². The third-order valence-electron chi connectivity index (χ3n) is 1.44. The van der Waals surface area contributed by atoms with Crippen molar-refractivity contribution in [3.05, 3.63) is 12.7 Å². The van der Waals surface area contributed by atoms with Crippen LogP contribution >= 0.6 is 0 Å². The molecule has 2 heteroatoms. The molecule has 0 fully saturated rings. The molecule has 0 atom stereocenters. The third-order valence-corrected chi connectivity index (χ3v) is 1.44. The molecule has 2 nitrogen and oxygen atoms in total. The Morgan fingerprint density at radius 3 is 2.55 bits per heavy atom. The number of hydrogen-bond donors (Lipinski definition) is 1. The zero-order valence-electron chi connectivity index (χ0n) is 7.22. The number of hydrogen-bond acceptors (Lipinski definition) is 2. The van der Waals surface area contributed by atoms with Crippen molar-refractivity contribution in [2.24, 2.45) is 5.73 Å². The van der Waals surface area contributed by atoms with E-state index >= 15 is 0 Å². The summed E-state index contributed by atoms with van der Waals surface area (Å²) in [6.45, 7) is 6.12. The average Bonchev–Trinajstić information content (AvgIpc) is 2.03. The first-order chi connectivity index (χ1) is 5.41. The first-order valence-corrected chi connectivity index (χ1v) is 4.30. The largest absolute Gasteiger partial charge is 0.381 e. The van der Waals surface area contributed by atoms with E-state index in [2.05, 4.69) is 6.58 Å². The van der Waals surface area contributed by atoms with Gasteiger partial charge in [0.25, 0.3) is 0 Å². The molecule has 0 aromatic carbocycles. The highest BCUT2D eigenvalue weighted by molar-refractivity contribution is 4.64. The standard InChI is InChI=1S/C9H19NO/c1-2-3-5-8-11-9-6-4-7-10/h2H,1,3-10H2. The second-order valence-corrected chi connectivity index (χ2v) is 2.54. The van der Waals surface area contributed by atoms with Crippen molar-refractivity contribution >= 4 is 0 Å². The highest BCUT2D eigenvalue weighted by Crippen LogP contribution is 1.92. The van der Waals surface area contributed by atoms with E-state index in [9.17, 15) is 0 Å². The number of ether oxygens (including phenoxy) is 1. The summed E-state index contributed by atoms with van der Waals surface area (Å²) in [4.78, 5) is 0. The molecule has 66 valence electrons. The Morgan fingerprint density at radius 1 is 1.18 bits per heavy atom. The number of nitrogens with two attached hydrogens (primary N) is 1. The number of rotatable bonds is 8. The summed E-state index contributed by atoms with van der Waals surface area (Å²) in [7, 11) is 0.